The van der Waals surface area contributed by atoms with Gasteiger partial charge < -0.3 is 24.5 Å². The fraction of sp³-hybridized carbons (Fsp3) is 0.478. The lowest BCUT2D eigenvalue weighted by Crippen LogP contribution is -2.25. The number of ether oxygens (including phenoxy) is 2. The molecule has 7 nitrogen and oxygen atoms in total. The second kappa shape index (κ2) is 8.52. The first-order valence-corrected chi connectivity index (χ1v) is 10.6. The van der Waals surface area contributed by atoms with Crippen molar-refractivity contribution in [3.8, 4) is 22.8 Å². The van der Waals surface area contributed by atoms with Crippen LogP contribution in [0.15, 0.2) is 29.2 Å². The van der Waals surface area contributed by atoms with Gasteiger partial charge in [0.2, 0.25) is 0 Å². The highest BCUT2D eigenvalue weighted by molar-refractivity contribution is 5.87. The molecule has 2 aliphatic rings. The molecule has 2 aliphatic heterocycles. The summed E-state index contributed by atoms with van der Waals surface area (Å²) in [4.78, 5) is 23.8. The van der Waals surface area contributed by atoms with Crippen molar-refractivity contribution in [1.82, 2.24) is 9.88 Å². The Kier molecular flexibility index (Phi) is 5.81. The average Bonchev–Trinajstić information content (AvgIpc) is 3.25. The van der Waals surface area contributed by atoms with Crippen LogP contribution in [0.1, 0.15) is 54.6 Å². The highest BCUT2D eigenvalue weighted by Gasteiger charge is 2.27. The van der Waals surface area contributed by atoms with Gasteiger partial charge in [0.1, 0.15) is 5.56 Å². The summed E-state index contributed by atoms with van der Waals surface area (Å²) in [6.07, 6.45) is 6.40. The molecule has 1 fully saturated rings. The molecular weight excluding hydrogens is 384 g/mol. The van der Waals surface area contributed by atoms with Gasteiger partial charge >= 0.3 is 5.97 Å². The first-order chi connectivity index (χ1) is 14.5. The summed E-state index contributed by atoms with van der Waals surface area (Å²) >= 11 is 0. The molecule has 160 valence electrons. The molecule has 2 atom stereocenters. The molecule has 2 unspecified atom stereocenters. The third kappa shape index (κ3) is 3.81. The lowest BCUT2D eigenvalue weighted by molar-refractivity contribution is 0.0694. The Balaban J connectivity index is 1.69. The number of hydrogen-bond donors (Lipinski definition) is 2. The maximum atomic E-state index is 12.4. The highest BCUT2D eigenvalue weighted by Crippen LogP contribution is 2.41. The van der Waals surface area contributed by atoms with E-state index in [1.165, 1.54) is 25.1 Å². The highest BCUT2D eigenvalue weighted by atomic mass is 16.5. The van der Waals surface area contributed by atoms with E-state index < -0.39 is 11.4 Å². The van der Waals surface area contributed by atoms with Gasteiger partial charge in [-0.1, -0.05) is 6.92 Å². The number of methoxy groups -OCH3 is 1. The number of carbonyl (C=O) groups is 1. The SMILES string of the molecule is CCC1Cc2cc(OCCC3CCCN3)c(OC)cc2-c2cc(=O)c(C(=O)O)cn21. The molecule has 4 rings (SSSR count). The second-order valence-corrected chi connectivity index (χ2v) is 8.01. The minimum Gasteiger partial charge on any atom is -0.493 e. The smallest absolute Gasteiger partial charge is 0.341 e. The normalized spacial score (nSPS) is 19.8. The standard InChI is InChI=1S/C23H28N2O5/c1-3-16-9-14-10-22(30-8-6-15-5-4-7-24-15)21(29-2)11-17(14)19-12-20(26)18(23(27)28)13-25(16)19/h10-13,15-16,24H,3-9H2,1-2H3,(H,27,28). The molecule has 2 aromatic rings. The van der Waals surface area contributed by atoms with Gasteiger partial charge in [0.05, 0.1) is 19.4 Å². The van der Waals surface area contributed by atoms with Crippen LogP contribution in [0, 0.1) is 0 Å². The fourth-order valence-corrected chi connectivity index (χ4v) is 4.52. The number of benzene rings is 1. The van der Waals surface area contributed by atoms with E-state index in [2.05, 4.69) is 12.2 Å². The molecule has 1 aromatic heterocycles. The number of nitrogens with zero attached hydrogens (tertiary/aromatic N) is 1. The molecule has 7 heteroatoms. The van der Waals surface area contributed by atoms with E-state index in [-0.39, 0.29) is 11.6 Å². The first kappa shape index (κ1) is 20.5. The lowest BCUT2D eigenvalue weighted by Gasteiger charge is -2.31. The molecule has 2 N–H and O–H groups in total. The van der Waals surface area contributed by atoms with E-state index >= 15 is 0 Å². The van der Waals surface area contributed by atoms with Crippen molar-refractivity contribution in [1.29, 1.82) is 0 Å². The number of hydrogen-bond acceptors (Lipinski definition) is 5. The molecule has 0 saturated carbocycles. The monoisotopic (exact) mass is 412 g/mol. The topological polar surface area (TPSA) is 89.8 Å². The van der Waals surface area contributed by atoms with Crippen LogP contribution in [-0.4, -0.2) is 41.9 Å². The molecular formula is C23H28N2O5. The van der Waals surface area contributed by atoms with Crippen LogP contribution < -0.4 is 20.2 Å². The molecule has 0 spiro atoms. The van der Waals surface area contributed by atoms with Crippen LogP contribution in [0.4, 0.5) is 0 Å². The summed E-state index contributed by atoms with van der Waals surface area (Å²) in [7, 11) is 1.60. The molecule has 0 radical (unpaired) electrons. The molecule has 30 heavy (non-hydrogen) atoms. The Hall–Kier alpha value is -2.80. The third-order valence-electron chi connectivity index (χ3n) is 6.18. The molecule has 1 saturated heterocycles. The van der Waals surface area contributed by atoms with Crippen LogP contribution >= 0.6 is 0 Å². The summed E-state index contributed by atoms with van der Waals surface area (Å²) in [5.74, 6) is 0.125. The van der Waals surface area contributed by atoms with E-state index in [1.807, 2.05) is 16.7 Å². The minimum absolute atomic E-state index is 0.0788. The van der Waals surface area contributed by atoms with Crippen molar-refractivity contribution >= 4 is 5.97 Å². The summed E-state index contributed by atoms with van der Waals surface area (Å²) in [6.45, 7) is 3.75. The summed E-state index contributed by atoms with van der Waals surface area (Å²) in [5.41, 5.74) is 2.00. The number of rotatable bonds is 7. The average molecular weight is 412 g/mol. The van der Waals surface area contributed by atoms with Gasteiger partial charge in [-0.15, -0.1) is 0 Å². The quantitative estimate of drug-likeness (QED) is 0.726. The van der Waals surface area contributed by atoms with Crippen LogP contribution in [0.25, 0.3) is 11.3 Å². The molecule has 0 bridgehead atoms. The Labute approximate surface area is 175 Å². The predicted octanol–water partition coefficient (Wildman–Crippen LogP) is 3.25. The fourth-order valence-electron chi connectivity index (χ4n) is 4.52. The number of fused-ring (bicyclic) bond motifs is 3. The van der Waals surface area contributed by atoms with Crippen molar-refractivity contribution in [2.24, 2.45) is 0 Å². The van der Waals surface area contributed by atoms with Gasteiger partial charge in [-0.25, -0.2) is 4.79 Å². The summed E-state index contributed by atoms with van der Waals surface area (Å²) in [5, 5.41) is 12.8. The Morgan fingerprint density at radius 1 is 1.30 bits per heavy atom. The zero-order chi connectivity index (χ0) is 21.3. The maximum Gasteiger partial charge on any atom is 0.341 e. The predicted molar refractivity (Wildman–Crippen MR) is 114 cm³/mol. The van der Waals surface area contributed by atoms with Gasteiger partial charge in [-0.3, -0.25) is 4.79 Å². The minimum atomic E-state index is -1.20. The van der Waals surface area contributed by atoms with Crippen molar-refractivity contribution in [2.45, 2.75) is 51.1 Å². The lowest BCUT2D eigenvalue weighted by atomic mass is 9.90. The van der Waals surface area contributed by atoms with Gasteiger partial charge in [-0.2, -0.15) is 0 Å². The van der Waals surface area contributed by atoms with Crippen molar-refractivity contribution in [2.75, 3.05) is 20.3 Å². The Bertz CT molecular complexity index is 1010. The Morgan fingerprint density at radius 3 is 2.80 bits per heavy atom. The van der Waals surface area contributed by atoms with E-state index in [9.17, 15) is 14.7 Å². The van der Waals surface area contributed by atoms with Gasteiger partial charge in [0.15, 0.2) is 16.9 Å². The number of carboxylic acid groups (broad SMARTS) is 1. The van der Waals surface area contributed by atoms with E-state index in [1.54, 1.807) is 7.11 Å². The number of carboxylic acids is 1. The van der Waals surface area contributed by atoms with E-state index in [0.717, 1.165) is 42.6 Å². The summed E-state index contributed by atoms with van der Waals surface area (Å²) in [6, 6.07) is 5.93. The number of nitrogens with one attached hydrogen (secondary N) is 1. The maximum absolute atomic E-state index is 12.4. The zero-order valence-electron chi connectivity index (χ0n) is 17.4. The molecule has 0 amide bonds. The molecule has 1 aromatic carbocycles. The van der Waals surface area contributed by atoms with Crippen molar-refractivity contribution in [3.63, 3.8) is 0 Å². The number of pyridine rings is 1. The van der Waals surface area contributed by atoms with Gasteiger partial charge in [0, 0.05) is 29.9 Å². The van der Waals surface area contributed by atoms with Crippen LogP contribution in [-0.2, 0) is 6.42 Å². The van der Waals surface area contributed by atoms with E-state index in [0.29, 0.717) is 24.1 Å². The van der Waals surface area contributed by atoms with Gasteiger partial charge in [0.25, 0.3) is 0 Å². The molecule has 0 aliphatic carbocycles. The van der Waals surface area contributed by atoms with Crippen LogP contribution in [0.5, 0.6) is 11.5 Å². The second-order valence-electron chi connectivity index (χ2n) is 8.01. The largest absolute Gasteiger partial charge is 0.493 e. The summed E-state index contributed by atoms with van der Waals surface area (Å²) < 4.78 is 13.6. The zero-order valence-corrected chi connectivity index (χ0v) is 17.4. The number of aromatic nitrogens is 1. The first-order valence-electron chi connectivity index (χ1n) is 10.6. The Morgan fingerprint density at radius 2 is 2.13 bits per heavy atom. The number of aromatic carboxylic acids is 1. The van der Waals surface area contributed by atoms with Crippen molar-refractivity contribution in [3.05, 3.63) is 45.7 Å². The molecule has 3 heterocycles. The van der Waals surface area contributed by atoms with Crippen LogP contribution in [0.3, 0.4) is 0 Å². The van der Waals surface area contributed by atoms with Crippen molar-refractivity contribution < 1.29 is 19.4 Å². The van der Waals surface area contributed by atoms with E-state index in [4.69, 9.17) is 9.47 Å². The van der Waals surface area contributed by atoms with Crippen LogP contribution in [0.2, 0.25) is 0 Å². The van der Waals surface area contributed by atoms with Gasteiger partial charge in [-0.05, 0) is 56.3 Å². The third-order valence-corrected chi connectivity index (χ3v) is 6.18.